The molecule has 0 saturated carbocycles. The summed E-state index contributed by atoms with van der Waals surface area (Å²) in [7, 11) is 1.17. The van der Waals surface area contributed by atoms with E-state index in [1.54, 1.807) is 6.92 Å². The van der Waals surface area contributed by atoms with Gasteiger partial charge in [-0.3, -0.25) is 4.79 Å². The van der Waals surface area contributed by atoms with Crippen molar-refractivity contribution in [3.63, 3.8) is 0 Å². The zero-order valence-electron chi connectivity index (χ0n) is 11.7. The molecule has 0 radical (unpaired) electrons. The first-order valence-corrected chi connectivity index (χ1v) is 6.39. The lowest BCUT2D eigenvalue weighted by Gasteiger charge is -2.23. The van der Waals surface area contributed by atoms with Crippen molar-refractivity contribution in [2.75, 3.05) is 7.11 Å². The third-order valence-electron chi connectivity index (χ3n) is 3.28. The van der Waals surface area contributed by atoms with Crippen LogP contribution in [0.2, 0.25) is 0 Å². The summed E-state index contributed by atoms with van der Waals surface area (Å²) in [5.41, 5.74) is 4.79. The lowest BCUT2D eigenvalue weighted by atomic mass is 9.86. The number of carbonyl (C=O) groups excluding carboxylic acids is 1. The van der Waals surface area contributed by atoms with E-state index in [0.717, 1.165) is 12.1 Å². The van der Waals surface area contributed by atoms with Gasteiger partial charge in [-0.05, 0) is 30.2 Å². The van der Waals surface area contributed by atoms with Gasteiger partial charge >= 0.3 is 12.1 Å². The molecule has 1 rings (SSSR count). The third kappa shape index (κ3) is 4.70. The molecule has 0 aliphatic heterocycles. The molecule has 0 spiro atoms. The van der Waals surface area contributed by atoms with Crippen LogP contribution in [0.15, 0.2) is 18.2 Å². The predicted molar refractivity (Wildman–Crippen MR) is 69.0 cm³/mol. The van der Waals surface area contributed by atoms with E-state index in [4.69, 9.17) is 5.73 Å². The number of halogens is 4. The van der Waals surface area contributed by atoms with Gasteiger partial charge in [0.1, 0.15) is 5.82 Å². The van der Waals surface area contributed by atoms with Crippen molar-refractivity contribution in [1.29, 1.82) is 0 Å². The summed E-state index contributed by atoms with van der Waals surface area (Å²) in [4.78, 5) is 11.4. The molecule has 0 bridgehead atoms. The Morgan fingerprint density at radius 3 is 2.43 bits per heavy atom. The Morgan fingerprint density at radius 2 is 1.95 bits per heavy atom. The fourth-order valence-corrected chi connectivity index (χ4v) is 2.05. The van der Waals surface area contributed by atoms with Crippen LogP contribution in [0.5, 0.6) is 0 Å². The molecule has 2 unspecified atom stereocenters. The molecule has 21 heavy (non-hydrogen) atoms. The number of ether oxygens (including phenoxy) is 1. The van der Waals surface area contributed by atoms with E-state index in [9.17, 15) is 22.4 Å². The van der Waals surface area contributed by atoms with Crippen molar-refractivity contribution in [3.05, 3.63) is 35.1 Å². The minimum absolute atomic E-state index is 0.0436. The molecule has 1 aromatic carbocycles. The van der Waals surface area contributed by atoms with Crippen molar-refractivity contribution in [1.82, 2.24) is 0 Å². The molecular formula is C14H17F4NO2. The van der Waals surface area contributed by atoms with Gasteiger partial charge in [-0.1, -0.05) is 6.92 Å². The molecule has 0 aliphatic carbocycles. The lowest BCUT2D eigenvalue weighted by Crippen LogP contribution is -2.30. The molecule has 2 N–H and O–H groups in total. The fourth-order valence-electron chi connectivity index (χ4n) is 2.05. The van der Waals surface area contributed by atoms with Gasteiger partial charge in [-0.2, -0.15) is 13.2 Å². The molecule has 118 valence electrons. The Labute approximate surface area is 120 Å². The van der Waals surface area contributed by atoms with Gasteiger partial charge in [0.05, 0.1) is 19.1 Å². The van der Waals surface area contributed by atoms with E-state index < -0.39 is 35.5 Å². The molecule has 0 saturated heterocycles. The fraction of sp³-hybridized carbons (Fsp3) is 0.500. The third-order valence-corrected chi connectivity index (χ3v) is 3.28. The van der Waals surface area contributed by atoms with Crippen LogP contribution in [0.1, 0.15) is 36.8 Å². The summed E-state index contributed by atoms with van der Waals surface area (Å²) in [6, 6.07) is 1.63. The second-order valence-electron chi connectivity index (χ2n) is 4.73. The summed E-state index contributed by atoms with van der Waals surface area (Å²) in [5.74, 6) is -2.36. The van der Waals surface area contributed by atoms with E-state index in [0.29, 0.717) is 12.5 Å². The molecule has 7 heteroatoms. The van der Waals surface area contributed by atoms with Crippen molar-refractivity contribution in [2.45, 2.75) is 37.9 Å². The molecule has 1 aromatic rings. The van der Waals surface area contributed by atoms with Crippen LogP contribution in [0.4, 0.5) is 17.6 Å². The maximum absolute atomic E-state index is 13.4. The number of benzene rings is 1. The van der Waals surface area contributed by atoms with Gasteiger partial charge < -0.3 is 10.5 Å². The van der Waals surface area contributed by atoms with Gasteiger partial charge in [0.15, 0.2) is 0 Å². The average molecular weight is 307 g/mol. The highest BCUT2D eigenvalue weighted by Crippen LogP contribution is 2.34. The van der Waals surface area contributed by atoms with Crippen molar-refractivity contribution in [2.24, 2.45) is 5.73 Å². The Hall–Kier alpha value is -1.63. The highest BCUT2D eigenvalue weighted by atomic mass is 19.4. The van der Waals surface area contributed by atoms with Gasteiger partial charge in [0.2, 0.25) is 0 Å². The van der Waals surface area contributed by atoms with Crippen LogP contribution in [-0.4, -0.2) is 19.1 Å². The molecule has 0 amide bonds. The Balaban J connectivity index is 3.24. The number of hydrogen-bond donors (Lipinski definition) is 1. The van der Waals surface area contributed by atoms with Crippen LogP contribution >= 0.6 is 0 Å². The summed E-state index contributed by atoms with van der Waals surface area (Å²) in [6.45, 7) is 1.74. The van der Waals surface area contributed by atoms with E-state index >= 15 is 0 Å². The minimum atomic E-state index is -4.66. The second kappa shape index (κ2) is 6.89. The summed E-state index contributed by atoms with van der Waals surface area (Å²) in [6.07, 6.45) is -4.44. The predicted octanol–water partition coefficient (Wildman–Crippen LogP) is 3.23. The van der Waals surface area contributed by atoms with Gasteiger partial charge in [-0.15, -0.1) is 0 Å². The number of alkyl halides is 3. The lowest BCUT2D eigenvalue weighted by molar-refractivity contribution is -0.141. The standard InChI is InChI=1S/C14H17F4NO2/c1-3-12(19)11(7-13(20)21-2)8-4-9(14(16,17)18)6-10(15)5-8/h4-6,11-12H,3,7,19H2,1-2H3. The van der Waals surface area contributed by atoms with Crippen LogP contribution in [0.25, 0.3) is 0 Å². The summed E-state index contributed by atoms with van der Waals surface area (Å²) in [5, 5.41) is 0. The normalized spacial score (nSPS) is 14.6. The van der Waals surface area contributed by atoms with Crippen molar-refractivity contribution < 1.29 is 27.1 Å². The minimum Gasteiger partial charge on any atom is -0.469 e. The van der Waals surface area contributed by atoms with Crippen molar-refractivity contribution in [3.8, 4) is 0 Å². The maximum atomic E-state index is 13.4. The quantitative estimate of drug-likeness (QED) is 0.671. The van der Waals surface area contributed by atoms with E-state index in [-0.39, 0.29) is 12.0 Å². The largest absolute Gasteiger partial charge is 0.469 e. The molecule has 0 fully saturated rings. The number of hydrogen-bond acceptors (Lipinski definition) is 3. The van der Waals surface area contributed by atoms with Crippen LogP contribution in [-0.2, 0) is 15.7 Å². The Kier molecular flexibility index (Phi) is 5.71. The van der Waals surface area contributed by atoms with Crippen LogP contribution in [0.3, 0.4) is 0 Å². The number of rotatable bonds is 5. The molecule has 0 heterocycles. The molecular weight excluding hydrogens is 290 g/mol. The van der Waals surface area contributed by atoms with Crippen molar-refractivity contribution >= 4 is 5.97 Å². The number of methoxy groups -OCH3 is 1. The second-order valence-corrected chi connectivity index (χ2v) is 4.73. The maximum Gasteiger partial charge on any atom is 0.416 e. The van der Waals surface area contributed by atoms with Gasteiger partial charge in [0, 0.05) is 12.0 Å². The number of nitrogens with two attached hydrogens (primary N) is 1. The van der Waals surface area contributed by atoms with Crippen LogP contribution in [0, 0.1) is 5.82 Å². The Morgan fingerprint density at radius 1 is 1.33 bits per heavy atom. The van der Waals surface area contributed by atoms with E-state index in [1.807, 2.05) is 0 Å². The highest BCUT2D eigenvalue weighted by Gasteiger charge is 2.33. The van der Waals surface area contributed by atoms with Crippen LogP contribution < -0.4 is 5.73 Å². The van der Waals surface area contributed by atoms with Gasteiger partial charge in [-0.25, -0.2) is 4.39 Å². The topological polar surface area (TPSA) is 52.3 Å². The summed E-state index contributed by atoms with van der Waals surface area (Å²) < 4.78 is 56.2. The average Bonchev–Trinajstić information content (AvgIpc) is 2.41. The Bertz CT molecular complexity index is 502. The first kappa shape index (κ1) is 17.4. The van der Waals surface area contributed by atoms with Gasteiger partial charge in [0.25, 0.3) is 0 Å². The molecule has 2 atom stereocenters. The number of esters is 1. The monoisotopic (exact) mass is 307 g/mol. The van der Waals surface area contributed by atoms with E-state index in [1.165, 1.54) is 7.11 Å². The molecule has 3 nitrogen and oxygen atoms in total. The summed E-state index contributed by atoms with van der Waals surface area (Å²) >= 11 is 0. The zero-order valence-corrected chi connectivity index (χ0v) is 11.7. The molecule has 0 aliphatic rings. The number of carbonyl (C=O) groups is 1. The first-order valence-electron chi connectivity index (χ1n) is 6.39. The van der Waals surface area contributed by atoms with E-state index in [2.05, 4.69) is 4.74 Å². The highest BCUT2D eigenvalue weighted by molar-refractivity contribution is 5.70. The SMILES string of the molecule is CCC(N)C(CC(=O)OC)c1cc(F)cc(C(F)(F)F)c1. The first-order chi connectivity index (χ1) is 9.68. The smallest absolute Gasteiger partial charge is 0.416 e. The zero-order chi connectivity index (χ0) is 16.2. The molecule has 0 aromatic heterocycles.